The lowest BCUT2D eigenvalue weighted by Gasteiger charge is -2.40. The third-order valence-electron chi connectivity index (χ3n) is 5.03. The minimum absolute atomic E-state index is 0.115. The van der Waals surface area contributed by atoms with Crippen LogP contribution in [0.25, 0.3) is 0 Å². The highest BCUT2D eigenvalue weighted by atomic mass is 16.5. The van der Waals surface area contributed by atoms with E-state index in [9.17, 15) is 9.59 Å². The minimum atomic E-state index is -0.121. The Kier molecular flexibility index (Phi) is 7.45. The molecule has 144 valence electrons. The highest BCUT2D eigenvalue weighted by Crippen LogP contribution is 2.22. The van der Waals surface area contributed by atoms with Gasteiger partial charge >= 0.3 is 0 Å². The van der Waals surface area contributed by atoms with Gasteiger partial charge in [0.15, 0.2) is 0 Å². The number of carbonyl (C=O) groups excluding carboxylic acids is 2. The van der Waals surface area contributed by atoms with Crippen LogP contribution in [-0.4, -0.2) is 60.4 Å². The molecule has 1 aromatic carbocycles. The van der Waals surface area contributed by atoms with Crippen LogP contribution in [0.15, 0.2) is 24.3 Å². The van der Waals surface area contributed by atoms with Gasteiger partial charge in [-0.1, -0.05) is 6.92 Å². The second-order valence-corrected chi connectivity index (χ2v) is 7.01. The summed E-state index contributed by atoms with van der Waals surface area (Å²) in [5, 5.41) is 2.87. The number of nitrogens with one attached hydrogen (secondary N) is 1. The molecule has 0 aromatic heterocycles. The van der Waals surface area contributed by atoms with Gasteiger partial charge < -0.3 is 15.0 Å². The second-order valence-electron chi connectivity index (χ2n) is 7.01. The van der Waals surface area contributed by atoms with Crippen molar-refractivity contribution in [2.24, 2.45) is 0 Å². The highest BCUT2D eigenvalue weighted by Gasteiger charge is 2.29. The first-order valence-electron chi connectivity index (χ1n) is 9.42. The third-order valence-corrected chi connectivity index (χ3v) is 5.03. The molecular formula is C20H31N3O3. The van der Waals surface area contributed by atoms with Crippen LogP contribution in [0.3, 0.4) is 0 Å². The maximum atomic E-state index is 12.7. The Bertz CT molecular complexity index is 593. The monoisotopic (exact) mass is 361 g/mol. The van der Waals surface area contributed by atoms with Crippen LogP contribution < -0.4 is 10.1 Å². The maximum Gasteiger partial charge on any atom is 0.238 e. The molecule has 0 aliphatic carbocycles. The van der Waals surface area contributed by atoms with Gasteiger partial charge in [-0.05, 0) is 63.9 Å². The molecule has 0 unspecified atom stereocenters. The molecule has 0 radical (unpaired) electrons. The van der Waals surface area contributed by atoms with Crippen molar-refractivity contribution in [2.45, 2.75) is 52.1 Å². The Morgan fingerprint density at radius 1 is 1.15 bits per heavy atom. The van der Waals surface area contributed by atoms with Gasteiger partial charge in [0.2, 0.25) is 11.8 Å². The highest BCUT2D eigenvalue weighted by molar-refractivity contribution is 5.92. The molecule has 6 nitrogen and oxygen atoms in total. The first-order valence-corrected chi connectivity index (χ1v) is 9.42. The Morgan fingerprint density at radius 3 is 2.31 bits per heavy atom. The van der Waals surface area contributed by atoms with Gasteiger partial charge in [0.05, 0.1) is 20.2 Å². The van der Waals surface area contributed by atoms with Crippen LogP contribution in [-0.2, 0) is 9.59 Å². The van der Waals surface area contributed by atoms with Crippen molar-refractivity contribution in [1.82, 2.24) is 9.80 Å². The molecule has 6 heteroatoms. The summed E-state index contributed by atoms with van der Waals surface area (Å²) >= 11 is 0. The number of anilines is 1. The fourth-order valence-corrected chi connectivity index (χ4v) is 3.54. The number of likely N-dealkylation sites (N-methyl/N-ethyl adjacent to an activating group) is 1. The minimum Gasteiger partial charge on any atom is -0.497 e. The lowest BCUT2D eigenvalue weighted by Crippen LogP contribution is -2.51. The van der Waals surface area contributed by atoms with Crippen molar-refractivity contribution in [3.8, 4) is 5.75 Å². The number of piperidine rings is 1. The van der Waals surface area contributed by atoms with Crippen molar-refractivity contribution in [3.05, 3.63) is 24.3 Å². The van der Waals surface area contributed by atoms with Crippen molar-refractivity contribution < 1.29 is 14.3 Å². The maximum absolute atomic E-state index is 12.7. The molecule has 26 heavy (non-hydrogen) atoms. The summed E-state index contributed by atoms with van der Waals surface area (Å²) in [7, 11) is 1.60. The molecule has 1 N–H and O–H groups in total. The van der Waals surface area contributed by atoms with Gasteiger partial charge in [0.25, 0.3) is 0 Å². The summed E-state index contributed by atoms with van der Waals surface area (Å²) in [5.74, 6) is 0.738. The lowest BCUT2D eigenvalue weighted by molar-refractivity contribution is -0.138. The largest absolute Gasteiger partial charge is 0.497 e. The van der Waals surface area contributed by atoms with Crippen LogP contribution in [0.4, 0.5) is 5.69 Å². The van der Waals surface area contributed by atoms with E-state index in [0.717, 1.165) is 24.3 Å². The van der Waals surface area contributed by atoms with Crippen molar-refractivity contribution in [1.29, 1.82) is 0 Å². The van der Waals surface area contributed by atoms with E-state index in [2.05, 4.69) is 19.2 Å². The van der Waals surface area contributed by atoms with E-state index in [1.807, 2.05) is 16.7 Å². The standard InChI is InChI=1S/C20H31N3O3/c1-5-22(14-20(25)23-15(2)7-6-8-16(23)3)13-19(24)21-17-9-11-18(26-4)12-10-17/h9-12,15-16H,5-8,13-14H2,1-4H3,(H,21,24)/t15-,16-/m0/s1. The smallest absolute Gasteiger partial charge is 0.238 e. The van der Waals surface area contributed by atoms with Crippen molar-refractivity contribution in [2.75, 3.05) is 32.1 Å². The fourth-order valence-electron chi connectivity index (χ4n) is 3.54. The summed E-state index contributed by atoms with van der Waals surface area (Å²) in [6.07, 6.45) is 3.29. The van der Waals surface area contributed by atoms with Gasteiger partial charge in [-0.2, -0.15) is 0 Å². The Labute approximate surface area is 156 Å². The molecule has 1 fully saturated rings. The normalized spacial score (nSPS) is 20.1. The Balaban J connectivity index is 1.89. The van der Waals surface area contributed by atoms with E-state index in [1.54, 1.807) is 31.4 Å². The second kappa shape index (κ2) is 9.57. The number of likely N-dealkylation sites (tertiary alicyclic amines) is 1. The van der Waals surface area contributed by atoms with Crippen LogP contribution in [0.5, 0.6) is 5.75 Å². The molecule has 1 aliphatic heterocycles. The van der Waals surface area contributed by atoms with E-state index in [1.165, 1.54) is 6.42 Å². The first-order chi connectivity index (χ1) is 12.4. The van der Waals surface area contributed by atoms with Crippen LogP contribution in [0.1, 0.15) is 40.0 Å². The van der Waals surface area contributed by atoms with Gasteiger partial charge in [0.1, 0.15) is 5.75 Å². The van der Waals surface area contributed by atoms with E-state index in [4.69, 9.17) is 4.74 Å². The number of hydrogen-bond acceptors (Lipinski definition) is 4. The number of methoxy groups -OCH3 is 1. The van der Waals surface area contributed by atoms with Gasteiger partial charge in [-0.15, -0.1) is 0 Å². The predicted molar refractivity (Wildman–Crippen MR) is 103 cm³/mol. The molecule has 0 bridgehead atoms. The number of rotatable bonds is 7. The van der Waals surface area contributed by atoms with Gasteiger partial charge in [-0.25, -0.2) is 0 Å². The third kappa shape index (κ3) is 5.46. The molecule has 2 atom stereocenters. The zero-order valence-electron chi connectivity index (χ0n) is 16.3. The molecule has 1 aliphatic rings. The van der Waals surface area contributed by atoms with Gasteiger partial charge in [-0.3, -0.25) is 14.5 Å². The summed E-state index contributed by atoms with van der Waals surface area (Å²) in [5.41, 5.74) is 0.719. The van der Waals surface area contributed by atoms with E-state index < -0.39 is 0 Å². The molecule has 1 saturated heterocycles. The van der Waals surface area contributed by atoms with Crippen LogP contribution in [0.2, 0.25) is 0 Å². The predicted octanol–water partition coefficient (Wildman–Crippen LogP) is 2.75. The van der Waals surface area contributed by atoms with E-state index in [-0.39, 0.29) is 37.0 Å². The molecular weight excluding hydrogens is 330 g/mol. The zero-order valence-corrected chi connectivity index (χ0v) is 16.3. The van der Waals surface area contributed by atoms with Crippen molar-refractivity contribution >= 4 is 17.5 Å². The topological polar surface area (TPSA) is 61.9 Å². The zero-order chi connectivity index (χ0) is 19.1. The van der Waals surface area contributed by atoms with Crippen LogP contribution in [0, 0.1) is 0 Å². The fraction of sp³-hybridized carbons (Fsp3) is 0.600. The number of nitrogens with zero attached hydrogens (tertiary/aromatic N) is 2. The Morgan fingerprint density at radius 2 is 1.77 bits per heavy atom. The molecule has 1 aromatic rings. The average molecular weight is 361 g/mol. The molecule has 2 amide bonds. The SMILES string of the molecule is CCN(CC(=O)Nc1ccc(OC)cc1)CC(=O)N1[C@@H](C)CCC[C@@H]1C. The molecule has 0 saturated carbocycles. The summed E-state index contributed by atoms with van der Waals surface area (Å²) in [6.45, 7) is 7.32. The molecule has 1 heterocycles. The average Bonchev–Trinajstić information content (AvgIpc) is 2.61. The number of amides is 2. The first kappa shape index (κ1) is 20.2. The lowest BCUT2D eigenvalue weighted by atomic mass is 9.97. The van der Waals surface area contributed by atoms with Gasteiger partial charge in [0, 0.05) is 17.8 Å². The molecule has 0 spiro atoms. The number of benzene rings is 1. The molecule has 2 rings (SSSR count). The van der Waals surface area contributed by atoms with E-state index in [0.29, 0.717) is 6.54 Å². The quantitative estimate of drug-likeness (QED) is 0.811. The number of carbonyl (C=O) groups is 2. The number of ether oxygens (including phenoxy) is 1. The summed E-state index contributed by atoms with van der Waals surface area (Å²) < 4.78 is 5.11. The van der Waals surface area contributed by atoms with Crippen molar-refractivity contribution in [3.63, 3.8) is 0 Å². The van der Waals surface area contributed by atoms with Crippen LogP contribution >= 0.6 is 0 Å². The Hall–Kier alpha value is -2.08. The number of hydrogen-bond donors (Lipinski definition) is 1. The van der Waals surface area contributed by atoms with E-state index >= 15 is 0 Å². The summed E-state index contributed by atoms with van der Waals surface area (Å²) in [4.78, 5) is 28.9. The summed E-state index contributed by atoms with van der Waals surface area (Å²) in [6, 6.07) is 7.76.